The van der Waals surface area contributed by atoms with Crippen molar-refractivity contribution in [3.63, 3.8) is 0 Å². The van der Waals surface area contributed by atoms with Gasteiger partial charge in [0.15, 0.2) is 0 Å². The van der Waals surface area contributed by atoms with Crippen LogP contribution in [0, 0.1) is 5.82 Å². The van der Waals surface area contributed by atoms with E-state index < -0.39 is 0 Å². The van der Waals surface area contributed by atoms with Crippen molar-refractivity contribution in [1.29, 1.82) is 0 Å². The molecule has 0 spiro atoms. The summed E-state index contributed by atoms with van der Waals surface area (Å²) < 4.78 is 14.3. The third-order valence-electron chi connectivity index (χ3n) is 2.22. The van der Waals surface area contributed by atoms with Gasteiger partial charge in [0.05, 0.1) is 0 Å². The molecule has 1 aromatic heterocycles. The van der Waals surface area contributed by atoms with Gasteiger partial charge in [-0.05, 0) is 24.3 Å². The number of anilines is 1. The van der Waals surface area contributed by atoms with Crippen molar-refractivity contribution in [2.75, 3.05) is 5.32 Å². The normalized spacial score (nSPS) is 10.3. The van der Waals surface area contributed by atoms with Gasteiger partial charge in [0.25, 0.3) is 0 Å². The van der Waals surface area contributed by atoms with E-state index in [9.17, 15) is 4.39 Å². The van der Waals surface area contributed by atoms with Crippen LogP contribution in [0.5, 0.6) is 0 Å². The Labute approximate surface area is 112 Å². The maximum absolute atomic E-state index is 13.5. The number of rotatable bonds is 3. The van der Waals surface area contributed by atoms with Crippen LogP contribution in [-0.4, -0.2) is 4.98 Å². The zero-order valence-corrected chi connectivity index (χ0v) is 11.1. The summed E-state index contributed by atoms with van der Waals surface area (Å²) in [6.45, 7) is 0.402. The third kappa shape index (κ3) is 3.41. The second-order valence-electron chi connectivity index (χ2n) is 3.46. The largest absolute Gasteiger partial charge is 0.381 e. The van der Waals surface area contributed by atoms with Gasteiger partial charge in [0.1, 0.15) is 11.0 Å². The van der Waals surface area contributed by atoms with Crippen molar-refractivity contribution in [2.45, 2.75) is 6.54 Å². The van der Waals surface area contributed by atoms with Gasteiger partial charge in [-0.2, -0.15) is 0 Å². The highest BCUT2D eigenvalue weighted by molar-refractivity contribution is 9.10. The van der Waals surface area contributed by atoms with Crippen LogP contribution in [0.3, 0.4) is 0 Å². The average molecular weight is 316 g/mol. The molecule has 5 heteroatoms. The molecule has 0 unspecified atom stereocenters. The molecule has 88 valence electrons. The number of nitrogens with one attached hydrogen (secondary N) is 1. The van der Waals surface area contributed by atoms with E-state index in [-0.39, 0.29) is 5.82 Å². The van der Waals surface area contributed by atoms with Crippen LogP contribution in [0.4, 0.5) is 10.1 Å². The molecule has 0 atom stereocenters. The molecule has 0 aliphatic heterocycles. The fourth-order valence-corrected chi connectivity index (χ4v) is 1.88. The van der Waals surface area contributed by atoms with E-state index in [1.54, 1.807) is 30.5 Å². The molecule has 0 aliphatic rings. The van der Waals surface area contributed by atoms with Gasteiger partial charge in [-0.15, -0.1) is 0 Å². The maximum atomic E-state index is 13.5. The van der Waals surface area contributed by atoms with Crippen molar-refractivity contribution in [1.82, 2.24) is 4.98 Å². The number of hydrogen-bond acceptors (Lipinski definition) is 2. The van der Waals surface area contributed by atoms with Crippen LogP contribution in [0.25, 0.3) is 0 Å². The van der Waals surface area contributed by atoms with Gasteiger partial charge < -0.3 is 5.32 Å². The third-order valence-corrected chi connectivity index (χ3v) is 2.92. The number of nitrogens with zero attached hydrogens (tertiary/aromatic N) is 1. The van der Waals surface area contributed by atoms with E-state index in [0.29, 0.717) is 17.3 Å². The molecule has 0 aliphatic carbocycles. The number of aromatic nitrogens is 1. The second kappa shape index (κ2) is 5.47. The second-order valence-corrected chi connectivity index (χ2v) is 4.76. The summed E-state index contributed by atoms with van der Waals surface area (Å²) in [5.74, 6) is -0.243. The first-order valence-electron chi connectivity index (χ1n) is 4.94. The Kier molecular flexibility index (Phi) is 3.97. The standard InChI is InChI=1S/C12H9BrClFN2/c13-9-2-1-8(11(15)5-9)7-17-10-3-4-16-12(14)6-10/h1-6H,7H2,(H,16,17). The maximum Gasteiger partial charge on any atom is 0.131 e. The minimum Gasteiger partial charge on any atom is -0.381 e. The Morgan fingerprint density at radius 3 is 2.82 bits per heavy atom. The van der Waals surface area contributed by atoms with Gasteiger partial charge in [0, 0.05) is 28.5 Å². The van der Waals surface area contributed by atoms with Crippen molar-refractivity contribution < 1.29 is 4.39 Å². The van der Waals surface area contributed by atoms with E-state index in [0.717, 1.165) is 10.2 Å². The van der Waals surface area contributed by atoms with E-state index in [1.165, 1.54) is 6.07 Å². The molecule has 2 nitrogen and oxygen atoms in total. The molecular formula is C12H9BrClFN2. The van der Waals surface area contributed by atoms with Crippen molar-refractivity contribution in [3.05, 3.63) is 57.5 Å². The van der Waals surface area contributed by atoms with Crippen molar-refractivity contribution >= 4 is 33.2 Å². The molecule has 2 rings (SSSR count). The summed E-state index contributed by atoms with van der Waals surface area (Å²) in [5.41, 5.74) is 1.41. The molecule has 1 aromatic carbocycles. The zero-order valence-electron chi connectivity index (χ0n) is 8.75. The fraction of sp³-hybridized carbons (Fsp3) is 0.0833. The van der Waals surface area contributed by atoms with E-state index in [2.05, 4.69) is 26.2 Å². The number of hydrogen-bond donors (Lipinski definition) is 1. The Morgan fingerprint density at radius 1 is 1.29 bits per heavy atom. The number of pyridine rings is 1. The highest BCUT2D eigenvalue weighted by Gasteiger charge is 2.02. The first-order valence-corrected chi connectivity index (χ1v) is 6.11. The quantitative estimate of drug-likeness (QED) is 0.857. The van der Waals surface area contributed by atoms with E-state index in [1.807, 2.05) is 0 Å². The summed E-state index contributed by atoms with van der Waals surface area (Å²) in [7, 11) is 0. The Hall–Kier alpha value is -1.13. The van der Waals surface area contributed by atoms with Crippen molar-refractivity contribution in [2.24, 2.45) is 0 Å². The van der Waals surface area contributed by atoms with Gasteiger partial charge >= 0.3 is 0 Å². The highest BCUT2D eigenvalue weighted by atomic mass is 79.9. The van der Waals surface area contributed by atoms with Crippen molar-refractivity contribution in [3.8, 4) is 0 Å². The van der Waals surface area contributed by atoms with Crippen LogP contribution in [0.2, 0.25) is 5.15 Å². The first-order chi connectivity index (χ1) is 8.15. The Bertz CT molecular complexity index is 534. The minimum atomic E-state index is -0.243. The summed E-state index contributed by atoms with van der Waals surface area (Å²) in [5, 5.41) is 3.49. The van der Waals surface area contributed by atoms with Crippen LogP contribution in [0.15, 0.2) is 41.0 Å². The fourth-order valence-electron chi connectivity index (χ4n) is 1.37. The summed E-state index contributed by atoms with van der Waals surface area (Å²) in [4.78, 5) is 3.87. The molecule has 0 saturated carbocycles. The molecule has 0 radical (unpaired) electrons. The predicted molar refractivity (Wildman–Crippen MR) is 70.7 cm³/mol. The summed E-state index contributed by atoms with van der Waals surface area (Å²) in [6, 6.07) is 8.45. The lowest BCUT2D eigenvalue weighted by molar-refractivity contribution is 0.612. The smallest absolute Gasteiger partial charge is 0.131 e. The van der Waals surface area contributed by atoms with Gasteiger partial charge in [-0.25, -0.2) is 9.37 Å². The lowest BCUT2D eigenvalue weighted by Gasteiger charge is -2.07. The Morgan fingerprint density at radius 2 is 2.12 bits per heavy atom. The minimum absolute atomic E-state index is 0.243. The van der Waals surface area contributed by atoms with Crippen LogP contribution >= 0.6 is 27.5 Å². The summed E-state index contributed by atoms with van der Waals surface area (Å²) in [6.07, 6.45) is 1.60. The molecular weight excluding hydrogens is 307 g/mol. The molecule has 1 heterocycles. The molecule has 17 heavy (non-hydrogen) atoms. The molecule has 0 amide bonds. The Balaban J connectivity index is 2.07. The van der Waals surface area contributed by atoms with E-state index in [4.69, 9.17) is 11.6 Å². The number of benzene rings is 1. The molecule has 1 N–H and O–H groups in total. The average Bonchev–Trinajstić information content (AvgIpc) is 2.28. The van der Waals surface area contributed by atoms with Crippen LogP contribution in [-0.2, 0) is 6.54 Å². The molecule has 2 aromatic rings. The number of halogens is 3. The van der Waals surface area contributed by atoms with Crippen LogP contribution in [0.1, 0.15) is 5.56 Å². The SMILES string of the molecule is Fc1cc(Br)ccc1CNc1ccnc(Cl)c1. The molecule has 0 bridgehead atoms. The summed E-state index contributed by atoms with van der Waals surface area (Å²) >= 11 is 8.96. The molecule has 0 saturated heterocycles. The van der Waals surface area contributed by atoms with Crippen LogP contribution < -0.4 is 5.32 Å². The first kappa shape index (κ1) is 12.3. The lowest BCUT2D eigenvalue weighted by Crippen LogP contribution is -2.01. The highest BCUT2D eigenvalue weighted by Crippen LogP contribution is 2.17. The van der Waals surface area contributed by atoms with Gasteiger partial charge in [0.2, 0.25) is 0 Å². The van der Waals surface area contributed by atoms with Gasteiger partial charge in [-0.3, -0.25) is 0 Å². The van der Waals surface area contributed by atoms with Gasteiger partial charge in [-0.1, -0.05) is 33.6 Å². The van der Waals surface area contributed by atoms with E-state index >= 15 is 0 Å². The molecule has 0 fully saturated rings. The topological polar surface area (TPSA) is 24.9 Å². The lowest BCUT2D eigenvalue weighted by atomic mass is 10.2. The monoisotopic (exact) mass is 314 g/mol. The predicted octanol–water partition coefficient (Wildman–Crippen LogP) is 4.25. The zero-order chi connectivity index (χ0) is 12.3.